The van der Waals surface area contributed by atoms with E-state index in [1.165, 1.54) is 23.6 Å². The van der Waals surface area contributed by atoms with Crippen molar-refractivity contribution in [3.8, 4) is 0 Å². The molecule has 0 radical (unpaired) electrons. The molecular weight excluding hydrogens is 696 g/mol. The number of amides is 10. The molecule has 292 valence electrons. The highest BCUT2D eigenvalue weighted by molar-refractivity contribution is 5.98. The highest BCUT2D eigenvalue weighted by Crippen LogP contribution is 2.20. The molecule has 5 aliphatic heterocycles. The van der Waals surface area contributed by atoms with Crippen molar-refractivity contribution in [2.24, 2.45) is 0 Å². The van der Waals surface area contributed by atoms with E-state index in [0.29, 0.717) is 38.5 Å². The predicted octanol–water partition coefficient (Wildman–Crippen LogP) is -4.61. The summed E-state index contributed by atoms with van der Waals surface area (Å²) in [7, 11) is 0. The van der Waals surface area contributed by atoms with Crippen LogP contribution in [0.3, 0.4) is 0 Å². The number of carbonyl (C=O) groups is 10. The molecule has 53 heavy (non-hydrogen) atoms. The molecule has 0 aromatic heterocycles. The van der Waals surface area contributed by atoms with E-state index < -0.39 is 108 Å². The van der Waals surface area contributed by atoms with Crippen LogP contribution in [-0.4, -0.2) is 144 Å². The van der Waals surface area contributed by atoms with Crippen LogP contribution in [0.5, 0.6) is 0 Å². The maximum atomic E-state index is 13.5. The Labute approximate surface area is 306 Å². The number of hydrogen-bond donors (Lipinski definition) is 8. The van der Waals surface area contributed by atoms with Gasteiger partial charge in [-0.3, -0.25) is 47.9 Å². The molecule has 0 aromatic rings. The zero-order chi connectivity index (χ0) is 38.7. The first-order chi connectivity index (χ1) is 25.2. The second-order valence-electron chi connectivity index (χ2n) is 13.7. The van der Waals surface area contributed by atoms with E-state index in [1.54, 1.807) is 0 Å². The predicted molar refractivity (Wildman–Crippen MR) is 184 cm³/mol. The van der Waals surface area contributed by atoms with Crippen molar-refractivity contribution in [1.82, 2.24) is 52.3 Å². The first kappa shape index (κ1) is 40.5. The van der Waals surface area contributed by atoms with Crippen molar-refractivity contribution >= 4 is 59.1 Å². The van der Waals surface area contributed by atoms with Crippen molar-refractivity contribution in [3.63, 3.8) is 0 Å². The van der Waals surface area contributed by atoms with E-state index >= 15 is 0 Å². The Morgan fingerprint density at radius 2 is 0.925 bits per heavy atom. The summed E-state index contributed by atoms with van der Waals surface area (Å²) in [6.07, 6.45) is 1.87. The smallest absolute Gasteiger partial charge is 0.245 e. The Balaban J connectivity index is 1.66. The Kier molecular flexibility index (Phi) is 14.5. The van der Waals surface area contributed by atoms with Crippen LogP contribution in [0.15, 0.2) is 0 Å². The van der Waals surface area contributed by atoms with Gasteiger partial charge in [-0.1, -0.05) is 0 Å². The minimum absolute atomic E-state index is 0.103. The summed E-state index contributed by atoms with van der Waals surface area (Å²) in [5.74, 6) is -6.46. The number of nitrogens with zero attached hydrogens (tertiary/aromatic N) is 2. The molecule has 0 saturated carbocycles. The van der Waals surface area contributed by atoms with Gasteiger partial charge in [0, 0.05) is 26.1 Å². The van der Waals surface area contributed by atoms with E-state index in [4.69, 9.17) is 0 Å². The summed E-state index contributed by atoms with van der Waals surface area (Å²) in [5, 5.41) is 20.4. The molecule has 8 N–H and O–H groups in total. The molecule has 20 heteroatoms. The third-order valence-electron chi connectivity index (χ3n) is 9.63. The Hall–Kier alpha value is -5.30. The van der Waals surface area contributed by atoms with Gasteiger partial charge in [-0.25, -0.2) is 0 Å². The number of nitrogens with one attached hydrogen (secondary N) is 8. The lowest BCUT2D eigenvalue weighted by Crippen LogP contribution is -2.58. The van der Waals surface area contributed by atoms with Crippen LogP contribution < -0.4 is 42.5 Å². The zero-order valence-corrected chi connectivity index (χ0v) is 30.0. The van der Waals surface area contributed by atoms with Crippen LogP contribution in [0.25, 0.3) is 0 Å². The van der Waals surface area contributed by atoms with Gasteiger partial charge in [-0.15, -0.1) is 0 Å². The van der Waals surface area contributed by atoms with Gasteiger partial charge in [-0.2, -0.15) is 0 Å². The topological polar surface area (TPSA) is 273 Å². The van der Waals surface area contributed by atoms with Gasteiger partial charge < -0.3 is 52.3 Å². The highest BCUT2D eigenvalue weighted by Gasteiger charge is 2.39. The monoisotopic (exact) mass is 746 g/mol. The fourth-order valence-corrected chi connectivity index (χ4v) is 6.76. The van der Waals surface area contributed by atoms with Gasteiger partial charge in [0.15, 0.2) is 0 Å². The minimum Gasteiger partial charge on any atom is -0.355 e. The van der Waals surface area contributed by atoms with Gasteiger partial charge in [0.2, 0.25) is 59.1 Å². The van der Waals surface area contributed by atoms with Crippen molar-refractivity contribution in [1.29, 1.82) is 0 Å². The fraction of sp³-hybridized carbons (Fsp3) is 0.697. The molecule has 0 aromatic carbocycles. The van der Waals surface area contributed by atoms with Crippen LogP contribution in [0.1, 0.15) is 71.6 Å². The van der Waals surface area contributed by atoms with E-state index in [-0.39, 0.29) is 45.4 Å². The average Bonchev–Trinajstić information content (AvgIpc) is 3.82. The summed E-state index contributed by atoms with van der Waals surface area (Å²) in [5.41, 5.74) is 0. The molecule has 5 heterocycles. The molecule has 0 aliphatic carbocycles. The molecule has 5 rings (SSSR count). The Morgan fingerprint density at radius 3 is 1.43 bits per heavy atom. The van der Waals surface area contributed by atoms with Crippen LogP contribution in [0.2, 0.25) is 0 Å². The van der Waals surface area contributed by atoms with Crippen LogP contribution in [0, 0.1) is 0 Å². The van der Waals surface area contributed by atoms with Gasteiger partial charge in [-0.05, 0) is 65.2 Å². The number of hydrogen-bond acceptors (Lipinski definition) is 10. The zero-order valence-electron chi connectivity index (χ0n) is 30.0. The Morgan fingerprint density at radius 1 is 0.453 bits per heavy atom. The van der Waals surface area contributed by atoms with Gasteiger partial charge >= 0.3 is 0 Å². The molecule has 5 saturated heterocycles. The third-order valence-corrected chi connectivity index (χ3v) is 9.63. The molecule has 20 nitrogen and oxygen atoms in total. The van der Waals surface area contributed by atoms with Gasteiger partial charge in [0.1, 0.15) is 36.3 Å². The standard InChI is InChI=1S/C33H50N10O10/c1-18-32(52)42-13-5-9-23(42)31(51)37-17-27(47)41-21-10-11-24(44)35-15-25(45)34-12-4-3-7-20(28(48)38-18)40-26(46)16-36-30(50)22-8-6-14-43(22)33(53)19(2)39-29(21)49/h18-23H,3-17H2,1-2H3,(H,34,45)(H,35,44)(H,36,50)(H,37,51)(H,38,48)(H,39,49)(H,40,46)(H,41,47)/t18-,19-,20-,21-,22-,23-/m0/s1. The third kappa shape index (κ3) is 11.3. The van der Waals surface area contributed by atoms with Crippen LogP contribution in [-0.2, 0) is 47.9 Å². The van der Waals surface area contributed by atoms with Crippen LogP contribution >= 0.6 is 0 Å². The SMILES string of the molecule is C[C@@H]1NC(=O)[C@@H]2CCCCNC(=O)CNC(=O)CC[C@H](NC(=O)CNC(=O)[C@@H]3CCCN3C1=O)C(=O)N[C@@H](C)C(=O)N1CCC[C@H]1C(=O)NCC(=O)N2. The van der Waals surface area contributed by atoms with E-state index in [0.717, 1.165) is 0 Å². The lowest BCUT2D eigenvalue weighted by Gasteiger charge is -2.29. The second-order valence-corrected chi connectivity index (χ2v) is 13.7. The molecule has 5 fully saturated rings. The largest absolute Gasteiger partial charge is 0.355 e. The lowest BCUT2D eigenvalue weighted by molar-refractivity contribution is -0.142. The quantitative estimate of drug-likeness (QED) is 0.118. The maximum Gasteiger partial charge on any atom is 0.245 e. The van der Waals surface area contributed by atoms with Crippen molar-refractivity contribution in [3.05, 3.63) is 0 Å². The summed E-state index contributed by atoms with van der Waals surface area (Å²) in [6.45, 7) is 1.99. The first-order valence-electron chi connectivity index (χ1n) is 18.1. The maximum absolute atomic E-state index is 13.5. The summed E-state index contributed by atoms with van der Waals surface area (Å²) in [4.78, 5) is 134. The molecule has 2 bridgehead atoms. The normalized spacial score (nSPS) is 30.1. The van der Waals surface area contributed by atoms with Crippen molar-refractivity contribution in [2.75, 3.05) is 39.3 Å². The van der Waals surface area contributed by atoms with E-state index in [2.05, 4.69) is 42.5 Å². The van der Waals surface area contributed by atoms with E-state index in [1.807, 2.05) is 0 Å². The van der Waals surface area contributed by atoms with Crippen molar-refractivity contribution < 1.29 is 47.9 Å². The molecule has 6 atom stereocenters. The second kappa shape index (κ2) is 19.0. The first-order valence-corrected chi connectivity index (χ1v) is 18.1. The fourth-order valence-electron chi connectivity index (χ4n) is 6.76. The number of rotatable bonds is 0. The Bertz CT molecular complexity index is 1470. The summed E-state index contributed by atoms with van der Waals surface area (Å²) < 4.78 is 0. The molecular formula is C33H50N10O10. The van der Waals surface area contributed by atoms with Gasteiger partial charge in [0.25, 0.3) is 0 Å². The van der Waals surface area contributed by atoms with E-state index in [9.17, 15) is 47.9 Å². The van der Waals surface area contributed by atoms with Crippen molar-refractivity contribution in [2.45, 2.75) is 108 Å². The minimum atomic E-state index is -1.35. The molecule has 5 aliphatic rings. The lowest BCUT2D eigenvalue weighted by atomic mass is 10.1. The molecule has 10 amide bonds. The van der Waals surface area contributed by atoms with Gasteiger partial charge in [0.05, 0.1) is 19.6 Å². The summed E-state index contributed by atoms with van der Waals surface area (Å²) in [6, 6.07) is -6.64. The average molecular weight is 747 g/mol. The number of fused-ring (bicyclic) bond motifs is 24. The summed E-state index contributed by atoms with van der Waals surface area (Å²) >= 11 is 0. The van der Waals surface area contributed by atoms with Crippen LogP contribution in [0.4, 0.5) is 0 Å². The molecule has 0 spiro atoms. The number of carbonyl (C=O) groups excluding carboxylic acids is 10. The molecule has 0 unspecified atom stereocenters. The highest BCUT2D eigenvalue weighted by atomic mass is 16.2.